The zero-order valence-electron chi connectivity index (χ0n) is 15.1. The van der Waals surface area contributed by atoms with Crippen molar-refractivity contribution < 1.29 is 9.53 Å². The molecule has 0 saturated carbocycles. The number of anilines is 1. The second kappa shape index (κ2) is 8.64. The van der Waals surface area contributed by atoms with E-state index >= 15 is 0 Å². The molecule has 2 aromatic heterocycles. The van der Waals surface area contributed by atoms with Crippen molar-refractivity contribution in [1.82, 2.24) is 15.1 Å². The van der Waals surface area contributed by atoms with Gasteiger partial charge < -0.3 is 15.4 Å². The maximum atomic E-state index is 12.2. The molecule has 0 amide bonds. The van der Waals surface area contributed by atoms with E-state index in [1.54, 1.807) is 11.3 Å². The number of esters is 1. The quantitative estimate of drug-likeness (QED) is 0.447. The first-order valence-corrected chi connectivity index (χ1v) is 10.1. The van der Waals surface area contributed by atoms with Crippen molar-refractivity contribution in [2.75, 3.05) is 19.0 Å². The van der Waals surface area contributed by atoms with Crippen LogP contribution in [0, 0.1) is 6.92 Å². The molecule has 2 N–H and O–H groups in total. The highest BCUT2D eigenvalue weighted by atomic mass is 32.1. The molecule has 0 unspecified atom stereocenters. The number of carbonyl (C=O) groups is 1. The van der Waals surface area contributed by atoms with E-state index < -0.39 is 0 Å². The number of nitrogens with zero attached hydrogens (tertiary/aromatic N) is 2. The first kappa shape index (κ1) is 18.8. The van der Waals surface area contributed by atoms with Gasteiger partial charge >= 0.3 is 5.97 Å². The van der Waals surface area contributed by atoms with Gasteiger partial charge in [-0.3, -0.25) is 4.68 Å². The summed E-state index contributed by atoms with van der Waals surface area (Å²) in [6.45, 7) is 3.62. The molecule has 0 fully saturated rings. The van der Waals surface area contributed by atoms with Crippen LogP contribution in [0.5, 0.6) is 0 Å². The van der Waals surface area contributed by atoms with Gasteiger partial charge in [0.15, 0.2) is 5.11 Å². The van der Waals surface area contributed by atoms with Gasteiger partial charge in [-0.1, -0.05) is 0 Å². The van der Waals surface area contributed by atoms with Gasteiger partial charge in [-0.25, -0.2) is 4.79 Å². The molecular formula is C18H24N4O2S2. The first-order chi connectivity index (χ1) is 12.6. The summed E-state index contributed by atoms with van der Waals surface area (Å²) in [5.41, 5.74) is 2.94. The minimum absolute atomic E-state index is 0.288. The Bertz CT molecular complexity index is 797. The summed E-state index contributed by atoms with van der Waals surface area (Å²) in [5, 5.41) is 12.0. The van der Waals surface area contributed by atoms with Gasteiger partial charge in [0.25, 0.3) is 0 Å². The van der Waals surface area contributed by atoms with Gasteiger partial charge in [-0.2, -0.15) is 5.10 Å². The Labute approximate surface area is 162 Å². The summed E-state index contributed by atoms with van der Waals surface area (Å²) in [6.07, 6.45) is 6.96. The van der Waals surface area contributed by atoms with Crippen molar-refractivity contribution >= 4 is 39.6 Å². The number of carbonyl (C=O) groups excluding carboxylic acids is 1. The molecule has 0 aromatic carbocycles. The van der Waals surface area contributed by atoms with Crippen molar-refractivity contribution in [3.63, 3.8) is 0 Å². The fourth-order valence-electron chi connectivity index (χ4n) is 3.18. The van der Waals surface area contributed by atoms with Crippen molar-refractivity contribution in [2.24, 2.45) is 0 Å². The molecule has 0 saturated heterocycles. The van der Waals surface area contributed by atoms with Gasteiger partial charge in [-0.15, -0.1) is 11.3 Å². The zero-order chi connectivity index (χ0) is 18.5. The Morgan fingerprint density at radius 2 is 2.23 bits per heavy atom. The van der Waals surface area contributed by atoms with E-state index in [9.17, 15) is 4.79 Å². The minimum Gasteiger partial charge on any atom is -0.465 e. The fourth-order valence-corrected chi connectivity index (χ4v) is 4.73. The molecular weight excluding hydrogens is 368 g/mol. The smallest absolute Gasteiger partial charge is 0.341 e. The third-order valence-corrected chi connectivity index (χ3v) is 6.00. The summed E-state index contributed by atoms with van der Waals surface area (Å²) in [4.78, 5) is 13.5. The van der Waals surface area contributed by atoms with Crippen LogP contribution in [0.15, 0.2) is 12.3 Å². The molecule has 26 heavy (non-hydrogen) atoms. The summed E-state index contributed by atoms with van der Waals surface area (Å²) in [5.74, 6) is -0.288. The predicted octanol–water partition coefficient (Wildman–Crippen LogP) is 3.30. The number of nitrogens with one attached hydrogen (secondary N) is 2. The second-order valence-electron chi connectivity index (χ2n) is 6.34. The predicted molar refractivity (Wildman–Crippen MR) is 108 cm³/mol. The van der Waals surface area contributed by atoms with E-state index in [-0.39, 0.29) is 5.97 Å². The normalized spacial score (nSPS) is 13.2. The van der Waals surface area contributed by atoms with E-state index in [0.717, 1.165) is 55.0 Å². The lowest BCUT2D eigenvalue weighted by Gasteiger charge is -2.12. The molecule has 0 bridgehead atoms. The molecule has 6 nitrogen and oxygen atoms in total. The Morgan fingerprint density at radius 1 is 1.42 bits per heavy atom. The Hall–Kier alpha value is -1.93. The minimum atomic E-state index is -0.288. The average Bonchev–Trinajstić information content (AvgIpc) is 3.21. The highest BCUT2D eigenvalue weighted by Crippen LogP contribution is 2.38. The summed E-state index contributed by atoms with van der Waals surface area (Å²) in [7, 11) is 1.42. The summed E-state index contributed by atoms with van der Waals surface area (Å²) < 4.78 is 6.96. The number of thiophene rings is 1. The lowest BCUT2D eigenvalue weighted by molar-refractivity contribution is 0.0601. The Morgan fingerprint density at radius 3 is 2.96 bits per heavy atom. The third-order valence-electron chi connectivity index (χ3n) is 4.55. The Balaban J connectivity index is 1.57. The van der Waals surface area contributed by atoms with E-state index in [0.29, 0.717) is 10.7 Å². The van der Waals surface area contributed by atoms with Crippen LogP contribution in [0.4, 0.5) is 5.00 Å². The molecule has 8 heteroatoms. The van der Waals surface area contributed by atoms with Gasteiger partial charge in [0.1, 0.15) is 5.00 Å². The molecule has 0 aliphatic heterocycles. The van der Waals surface area contributed by atoms with E-state index in [2.05, 4.69) is 15.7 Å². The number of thiocarbonyl (C=S) groups is 1. The standard InChI is InChI=1S/C18H24N4O2S2/c1-12-8-10-20-22(12)11-5-9-19-18(25)21-16-15(17(23)24-2)13-6-3-4-7-14(13)26-16/h8,10H,3-7,9,11H2,1-2H3,(H2,19,21,25). The van der Waals surface area contributed by atoms with Gasteiger partial charge in [0, 0.05) is 29.9 Å². The second-order valence-corrected chi connectivity index (χ2v) is 7.85. The molecule has 2 heterocycles. The van der Waals surface area contributed by atoms with Gasteiger partial charge in [-0.05, 0) is 62.9 Å². The molecule has 140 valence electrons. The highest BCUT2D eigenvalue weighted by molar-refractivity contribution is 7.80. The van der Waals surface area contributed by atoms with Crippen LogP contribution < -0.4 is 10.6 Å². The van der Waals surface area contributed by atoms with Crippen LogP contribution in [0.1, 0.15) is 45.8 Å². The molecule has 0 spiro atoms. The lowest BCUT2D eigenvalue weighted by Crippen LogP contribution is -2.30. The topological polar surface area (TPSA) is 68.2 Å². The SMILES string of the molecule is COC(=O)c1c(NC(=S)NCCCn2nccc2C)sc2c1CCCC2. The first-order valence-electron chi connectivity index (χ1n) is 8.86. The molecule has 0 atom stereocenters. The fraction of sp³-hybridized carbons (Fsp3) is 0.500. The number of aryl methyl sites for hydroxylation is 3. The number of methoxy groups -OCH3 is 1. The lowest BCUT2D eigenvalue weighted by atomic mass is 9.95. The number of hydrogen-bond donors (Lipinski definition) is 2. The van der Waals surface area contributed by atoms with Crippen molar-refractivity contribution in [2.45, 2.75) is 45.6 Å². The van der Waals surface area contributed by atoms with Crippen LogP contribution in [0.25, 0.3) is 0 Å². The summed E-state index contributed by atoms with van der Waals surface area (Å²) >= 11 is 7.03. The molecule has 3 rings (SSSR count). The molecule has 0 radical (unpaired) electrons. The van der Waals surface area contributed by atoms with E-state index in [1.807, 2.05) is 23.9 Å². The highest BCUT2D eigenvalue weighted by Gasteiger charge is 2.26. The number of aromatic nitrogens is 2. The third kappa shape index (κ3) is 4.24. The van der Waals surface area contributed by atoms with Crippen molar-refractivity contribution in [3.05, 3.63) is 34.0 Å². The van der Waals surface area contributed by atoms with Crippen LogP contribution in [-0.4, -0.2) is 34.5 Å². The van der Waals surface area contributed by atoms with E-state index in [4.69, 9.17) is 17.0 Å². The molecule has 1 aliphatic carbocycles. The largest absolute Gasteiger partial charge is 0.465 e. The van der Waals surface area contributed by atoms with Gasteiger partial charge in [0.05, 0.1) is 12.7 Å². The van der Waals surface area contributed by atoms with E-state index in [1.165, 1.54) is 18.4 Å². The summed E-state index contributed by atoms with van der Waals surface area (Å²) in [6, 6.07) is 1.99. The van der Waals surface area contributed by atoms with Crippen molar-refractivity contribution in [1.29, 1.82) is 0 Å². The number of rotatable bonds is 6. The van der Waals surface area contributed by atoms with Crippen LogP contribution in [0.2, 0.25) is 0 Å². The average molecular weight is 393 g/mol. The number of hydrogen-bond acceptors (Lipinski definition) is 5. The van der Waals surface area contributed by atoms with Crippen molar-refractivity contribution in [3.8, 4) is 0 Å². The van der Waals surface area contributed by atoms with Crippen LogP contribution in [0.3, 0.4) is 0 Å². The van der Waals surface area contributed by atoms with Gasteiger partial charge in [0.2, 0.25) is 0 Å². The Kier molecular flexibility index (Phi) is 6.26. The zero-order valence-corrected chi connectivity index (χ0v) is 16.8. The maximum absolute atomic E-state index is 12.2. The maximum Gasteiger partial charge on any atom is 0.341 e. The number of ether oxygens (including phenoxy) is 1. The van der Waals surface area contributed by atoms with Crippen LogP contribution in [-0.2, 0) is 24.1 Å². The van der Waals surface area contributed by atoms with Crippen LogP contribution >= 0.6 is 23.6 Å². The monoisotopic (exact) mass is 392 g/mol. The molecule has 1 aliphatic rings. The molecule has 2 aromatic rings. The number of fused-ring (bicyclic) bond motifs is 1.